The number of carboxylic acid groups (broad SMARTS) is 1. The van der Waals surface area contributed by atoms with Crippen molar-refractivity contribution in [3.63, 3.8) is 0 Å². The SMILES string of the molecule is CC(C)O[C@H]1CCC[C@H](O)[C@@H]1CC(=O)O. The fourth-order valence-electron chi connectivity index (χ4n) is 2.19. The van der Waals surface area contributed by atoms with E-state index in [0.717, 1.165) is 12.8 Å². The molecule has 1 fully saturated rings. The van der Waals surface area contributed by atoms with Gasteiger partial charge in [0.15, 0.2) is 0 Å². The van der Waals surface area contributed by atoms with E-state index in [0.29, 0.717) is 6.42 Å². The van der Waals surface area contributed by atoms with Crippen LogP contribution >= 0.6 is 0 Å². The molecule has 4 heteroatoms. The summed E-state index contributed by atoms with van der Waals surface area (Å²) in [5.41, 5.74) is 0. The molecule has 1 aliphatic rings. The molecule has 0 spiro atoms. The first kappa shape index (κ1) is 12.5. The van der Waals surface area contributed by atoms with Gasteiger partial charge >= 0.3 is 5.97 Å². The van der Waals surface area contributed by atoms with Crippen LogP contribution in [0.4, 0.5) is 0 Å². The van der Waals surface area contributed by atoms with Crippen LogP contribution in [0.25, 0.3) is 0 Å². The van der Waals surface area contributed by atoms with E-state index in [2.05, 4.69) is 0 Å². The largest absolute Gasteiger partial charge is 0.481 e. The number of hydrogen-bond acceptors (Lipinski definition) is 3. The molecule has 3 atom stereocenters. The average Bonchev–Trinajstić information content (AvgIpc) is 2.09. The molecular formula is C11H20O4. The van der Waals surface area contributed by atoms with Gasteiger partial charge in [0.1, 0.15) is 0 Å². The van der Waals surface area contributed by atoms with Gasteiger partial charge < -0.3 is 14.9 Å². The van der Waals surface area contributed by atoms with Crippen LogP contribution in [0.5, 0.6) is 0 Å². The number of carboxylic acids is 1. The molecule has 0 aliphatic heterocycles. The molecule has 0 unspecified atom stereocenters. The van der Waals surface area contributed by atoms with E-state index in [4.69, 9.17) is 9.84 Å². The predicted octanol–water partition coefficient (Wildman–Crippen LogP) is 1.42. The van der Waals surface area contributed by atoms with Gasteiger partial charge in [0.25, 0.3) is 0 Å². The number of ether oxygens (including phenoxy) is 1. The van der Waals surface area contributed by atoms with Crippen molar-refractivity contribution < 1.29 is 19.7 Å². The molecule has 15 heavy (non-hydrogen) atoms. The predicted molar refractivity (Wildman–Crippen MR) is 55.6 cm³/mol. The molecule has 88 valence electrons. The Hall–Kier alpha value is -0.610. The third-order valence-electron chi connectivity index (χ3n) is 2.82. The summed E-state index contributed by atoms with van der Waals surface area (Å²) >= 11 is 0. The lowest BCUT2D eigenvalue weighted by atomic mass is 9.81. The van der Waals surface area contributed by atoms with Crippen LogP contribution in [0.1, 0.15) is 39.5 Å². The molecule has 0 heterocycles. The van der Waals surface area contributed by atoms with Gasteiger partial charge in [-0.05, 0) is 33.1 Å². The van der Waals surface area contributed by atoms with Gasteiger partial charge in [-0.25, -0.2) is 0 Å². The molecule has 0 aromatic heterocycles. The number of aliphatic hydroxyl groups excluding tert-OH is 1. The van der Waals surface area contributed by atoms with Crippen molar-refractivity contribution in [3.8, 4) is 0 Å². The van der Waals surface area contributed by atoms with Gasteiger partial charge in [-0.15, -0.1) is 0 Å². The summed E-state index contributed by atoms with van der Waals surface area (Å²) in [4.78, 5) is 10.7. The van der Waals surface area contributed by atoms with Crippen molar-refractivity contribution in [1.29, 1.82) is 0 Å². The van der Waals surface area contributed by atoms with Crippen molar-refractivity contribution in [1.82, 2.24) is 0 Å². The third-order valence-corrected chi connectivity index (χ3v) is 2.82. The highest BCUT2D eigenvalue weighted by Gasteiger charge is 2.34. The molecule has 0 radical (unpaired) electrons. The van der Waals surface area contributed by atoms with Crippen molar-refractivity contribution in [2.75, 3.05) is 0 Å². The second-order valence-electron chi connectivity index (χ2n) is 4.48. The van der Waals surface area contributed by atoms with Crippen LogP contribution in [0.2, 0.25) is 0 Å². The zero-order valence-electron chi connectivity index (χ0n) is 9.35. The molecule has 0 saturated heterocycles. The smallest absolute Gasteiger partial charge is 0.303 e. The van der Waals surface area contributed by atoms with Crippen molar-refractivity contribution in [3.05, 3.63) is 0 Å². The minimum Gasteiger partial charge on any atom is -0.481 e. The summed E-state index contributed by atoms with van der Waals surface area (Å²) in [5, 5.41) is 18.5. The summed E-state index contributed by atoms with van der Waals surface area (Å²) in [7, 11) is 0. The summed E-state index contributed by atoms with van der Waals surface area (Å²) in [6.45, 7) is 3.86. The first-order valence-corrected chi connectivity index (χ1v) is 5.56. The van der Waals surface area contributed by atoms with E-state index in [-0.39, 0.29) is 24.5 Å². The molecule has 0 amide bonds. The fraction of sp³-hybridized carbons (Fsp3) is 0.909. The maximum absolute atomic E-state index is 10.7. The first-order valence-electron chi connectivity index (χ1n) is 5.56. The quantitative estimate of drug-likeness (QED) is 0.745. The van der Waals surface area contributed by atoms with E-state index in [1.54, 1.807) is 0 Å². The fourth-order valence-corrected chi connectivity index (χ4v) is 2.19. The minimum atomic E-state index is -0.863. The molecule has 0 aromatic carbocycles. The average molecular weight is 216 g/mol. The van der Waals surface area contributed by atoms with E-state index < -0.39 is 12.1 Å². The molecule has 0 aromatic rings. The summed E-state index contributed by atoms with van der Waals surface area (Å²) in [6.07, 6.45) is 1.90. The second-order valence-corrected chi connectivity index (χ2v) is 4.48. The van der Waals surface area contributed by atoms with Crippen LogP contribution in [-0.2, 0) is 9.53 Å². The number of carbonyl (C=O) groups is 1. The van der Waals surface area contributed by atoms with E-state index in [9.17, 15) is 9.90 Å². The highest BCUT2D eigenvalue weighted by molar-refractivity contribution is 5.67. The Labute approximate surface area is 90.2 Å². The lowest BCUT2D eigenvalue weighted by molar-refractivity contribution is -0.145. The summed E-state index contributed by atoms with van der Waals surface area (Å²) in [5.74, 6) is -1.11. The Kier molecular flexibility index (Phi) is 4.54. The summed E-state index contributed by atoms with van der Waals surface area (Å²) in [6, 6.07) is 0. The van der Waals surface area contributed by atoms with Gasteiger partial charge in [0, 0.05) is 5.92 Å². The molecule has 1 aliphatic carbocycles. The molecule has 1 saturated carbocycles. The zero-order chi connectivity index (χ0) is 11.4. The lowest BCUT2D eigenvalue weighted by Gasteiger charge is -2.35. The van der Waals surface area contributed by atoms with Crippen molar-refractivity contribution in [2.45, 2.75) is 57.8 Å². The highest BCUT2D eigenvalue weighted by Crippen LogP contribution is 2.30. The highest BCUT2D eigenvalue weighted by atomic mass is 16.5. The van der Waals surface area contributed by atoms with E-state index >= 15 is 0 Å². The van der Waals surface area contributed by atoms with Crippen LogP contribution in [0.15, 0.2) is 0 Å². The monoisotopic (exact) mass is 216 g/mol. The van der Waals surface area contributed by atoms with E-state index in [1.807, 2.05) is 13.8 Å². The third kappa shape index (κ3) is 3.80. The van der Waals surface area contributed by atoms with Crippen molar-refractivity contribution >= 4 is 5.97 Å². The van der Waals surface area contributed by atoms with Crippen molar-refractivity contribution in [2.24, 2.45) is 5.92 Å². The van der Waals surface area contributed by atoms with Crippen LogP contribution in [-0.4, -0.2) is 34.5 Å². The van der Waals surface area contributed by atoms with Gasteiger partial charge in [-0.2, -0.15) is 0 Å². The lowest BCUT2D eigenvalue weighted by Crippen LogP contribution is -2.40. The second kappa shape index (κ2) is 5.47. The molecule has 4 nitrogen and oxygen atoms in total. The Bertz CT molecular complexity index is 215. The normalized spacial score (nSPS) is 31.9. The standard InChI is InChI=1S/C11H20O4/c1-7(2)15-10-5-3-4-9(12)8(10)6-11(13)14/h7-10,12H,3-6H2,1-2H3,(H,13,14)/t8-,9-,10-/m0/s1. The Morgan fingerprint density at radius 2 is 2.13 bits per heavy atom. The molecule has 0 bridgehead atoms. The Balaban J connectivity index is 2.59. The molecule has 1 rings (SSSR count). The maximum atomic E-state index is 10.7. The van der Waals surface area contributed by atoms with Crippen LogP contribution in [0, 0.1) is 5.92 Å². The van der Waals surface area contributed by atoms with Gasteiger partial charge in [-0.3, -0.25) is 4.79 Å². The summed E-state index contributed by atoms with van der Waals surface area (Å²) < 4.78 is 5.65. The van der Waals surface area contributed by atoms with Crippen LogP contribution in [0.3, 0.4) is 0 Å². The number of hydrogen-bond donors (Lipinski definition) is 2. The topological polar surface area (TPSA) is 66.8 Å². The van der Waals surface area contributed by atoms with E-state index in [1.165, 1.54) is 0 Å². The zero-order valence-corrected chi connectivity index (χ0v) is 9.35. The first-order chi connectivity index (χ1) is 7.00. The maximum Gasteiger partial charge on any atom is 0.303 e. The van der Waals surface area contributed by atoms with Gasteiger partial charge in [0.2, 0.25) is 0 Å². The minimum absolute atomic E-state index is 0.00144. The van der Waals surface area contributed by atoms with Gasteiger partial charge in [-0.1, -0.05) is 0 Å². The number of aliphatic hydroxyl groups is 1. The number of aliphatic carboxylic acids is 1. The number of rotatable bonds is 4. The van der Waals surface area contributed by atoms with Gasteiger partial charge in [0.05, 0.1) is 24.7 Å². The Morgan fingerprint density at radius 1 is 1.47 bits per heavy atom. The molecular weight excluding hydrogens is 196 g/mol. The molecule has 2 N–H and O–H groups in total. The van der Waals surface area contributed by atoms with Crippen LogP contribution < -0.4 is 0 Å². The Morgan fingerprint density at radius 3 is 2.67 bits per heavy atom.